The third kappa shape index (κ3) is 3.21. The number of halogens is 2. The fourth-order valence-corrected chi connectivity index (χ4v) is 1.68. The van der Waals surface area contributed by atoms with Gasteiger partial charge in [0.25, 0.3) is 6.43 Å². The van der Waals surface area contributed by atoms with Gasteiger partial charge in [0.1, 0.15) is 12.2 Å². The molecule has 1 aliphatic rings. The largest absolute Gasteiger partial charge is 0.387 e. The zero-order valence-corrected chi connectivity index (χ0v) is 9.92. The molecular formula is C10H15F2N3O3. The van der Waals surface area contributed by atoms with E-state index in [2.05, 4.69) is 15.0 Å². The van der Waals surface area contributed by atoms with Crippen molar-refractivity contribution in [1.82, 2.24) is 15.0 Å². The maximum atomic E-state index is 12.2. The summed E-state index contributed by atoms with van der Waals surface area (Å²) in [7, 11) is 1.94. The van der Waals surface area contributed by atoms with Crippen LogP contribution in [0.2, 0.25) is 0 Å². The summed E-state index contributed by atoms with van der Waals surface area (Å²) in [6.45, 7) is 2.01. The van der Waals surface area contributed by atoms with Crippen molar-refractivity contribution in [3.63, 3.8) is 0 Å². The Morgan fingerprint density at radius 1 is 1.56 bits per heavy atom. The summed E-state index contributed by atoms with van der Waals surface area (Å²) in [5.41, 5.74) is 0. The topological polar surface area (TPSA) is 71.6 Å². The summed E-state index contributed by atoms with van der Waals surface area (Å²) in [6.07, 6.45) is -5.27. The molecule has 0 radical (unpaired) electrons. The lowest BCUT2D eigenvalue weighted by Gasteiger charge is -2.27. The molecule has 2 atom stereocenters. The first-order chi connectivity index (χ1) is 8.56. The van der Waals surface area contributed by atoms with Gasteiger partial charge in [0.05, 0.1) is 13.0 Å². The van der Waals surface area contributed by atoms with Crippen LogP contribution in [0, 0.1) is 0 Å². The second-order valence-corrected chi connectivity index (χ2v) is 4.27. The zero-order chi connectivity index (χ0) is 13.1. The van der Waals surface area contributed by atoms with E-state index < -0.39 is 12.5 Å². The van der Waals surface area contributed by atoms with Crippen LogP contribution >= 0.6 is 0 Å². The predicted octanol–water partition coefficient (Wildman–Crippen LogP) is 0.241. The number of aromatic nitrogens is 2. The number of rotatable bonds is 4. The molecule has 0 amide bonds. The molecular weight excluding hydrogens is 248 g/mol. The molecule has 0 saturated carbocycles. The Bertz CT molecular complexity index is 388. The van der Waals surface area contributed by atoms with Crippen LogP contribution in [0.5, 0.6) is 0 Å². The molecule has 0 aliphatic carbocycles. The van der Waals surface area contributed by atoms with E-state index in [0.717, 1.165) is 6.54 Å². The van der Waals surface area contributed by atoms with Crippen molar-refractivity contribution in [2.45, 2.75) is 25.1 Å². The van der Waals surface area contributed by atoms with E-state index in [0.29, 0.717) is 19.0 Å². The van der Waals surface area contributed by atoms with Crippen molar-refractivity contribution in [3.05, 3.63) is 11.7 Å². The van der Waals surface area contributed by atoms with Crippen LogP contribution in [-0.2, 0) is 11.2 Å². The first-order valence-corrected chi connectivity index (χ1v) is 5.65. The van der Waals surface area contributed by atoms with Crippen LogP contribution in [-0.4, -0.2) is 59.4 Å². The molecule has 2 heterocycles. The average molecular weight is 263 g/mol. The van der Waals surface area contributed by atoms with E-state index >= 15 is 0 Å². The van der Waals surface area contributed by atoms with E-state index in [1.807, 2.05) is 7.05 Å². The smallest absolute Gasteiger partial charge is 0.264 e. The highest BCUT2D eigenvalue weighted by atomic mass is 19.3. The molecule has 102 valence electrons. The van der Waals surface area contributed by atoms with Crippen LogP contribution < -0.4 is 0 Å². The van der Waals surface area contributed by atoms with Crippen LogP contribution in [0.3, 0.4) is 0 Å². The maximum absolute atomic E-state index is 12.2. The SMILES string of the molecule is CN1CCOC(c2noc(CC(O)C(F)F)n2)C1. The van der Waals surface area contributed by atoms with Crippen LogP contribution in [0.1, 0.15) is 17.8 Å². The summed E-state index contributed by atoms with van der Waals surface area (Å²) in [5, 5.41) is 12.7. The highest BCUT2D eigenvalue weighted by Gasteiger charge is 2.26. The Kier molecular flexibility index (Phi) is 4.20. The summed E-state index contributed by atoms with van der Waals surface area (Å²) in [5.74, 6) is 0.327. The predicted molar refractivity (Wildman–Crippen MR) is 56.2 cm³/mol. The number of ether oxygens (including phenoxy) is 1. The zero-order valence-electron chi connectivity index (χ0n) is 9.92. The number of morpholine rings is 1. The number of alkyl halides is 2. The second kappa shape index (κ2) is 5.68. The van der Waals surface area contributed by atoms with Gasteiger partial charge in [-0.05, 0) is 7.05 Å². The third-order valence-electron chi connectivity index (χ3n) is 2.72. The van der Waals surface area contributed by atoms with E-state index in [-0.39, 0.29) is 18.4 Å². The summed E-state index contributed by atoms with van der Waals surface area (Å²) >= 11 is 0. The highest BCUT2D eigenvalue weighted by Crippen LogP contribution is 2.19. The van der Waals surface area contributed by atoms with Crippen molar-refractivity contribution in [2.24, 2.45) is 0 Å². The Hall–Kier alpha value is -1.12. The van der Waals surface area contributed by atoms with Gasteiger partial charge in [0.2, 0.25) is 11.7 Å². The van der Waals surface area contributed by atoms with Crippen molar-refractivity contribution in [2.75, 3.05) is 26.7 Å². The Balaban J connectivity index is 1.97. The monoisotopic (exact) mass is 263 g/mol. The van der Waals surface area contributed by atoms with Gasteiger partial charge in [-0.1, -0.05) is 5.16 Å². The van der Waals surface area contributed by atoms with E-state index in [1.165, 1.54) is 0 Å². The Morgan fingerprint density at radius 2 is 2.33 bits per heavy atom. The molecule has 6 nitrogen and oxygen atoms in total. The van der Waals surface area contributed by atoms with Gasteiger partial charge >= 0.3 is 0 Å². The number of hydrogen-bond donors (Lipinski definition) is 1. The van der Waals surface area contributed by atoms with Crippen LogP contribution in [0.25, 0.3) is 0 Å². The van der Waals surface area contributed by atoms with Gasteiger partial charge < -0.3 is 19.3 Å². The molecule has 1 fully saturated rings. The minimum atomic E-state index is -2.82. The molecule has 0 aromatic carbocycles. The van der Waals surface area contributed by atoms with E-state index in [4.69, 9.17) is 14.4 Å². The van der Waals surface area contributed by atoms with Crippen molar-refractivity contribution < 1.29 is 23.1 Å². The number of hydrogen-bond acceptors (Lipinski definition) is 6. The molecule has 0 spiro atoms. The minimum absolute atomic E-state index is 0.00498. The van der Waals surface area contributed by atoms with Gasteiger partial charge in [0, 0.05) is 13.1 Å². The van der Waals surface area contributed by atoms with Crippen LogP contribution in [0.15, 0.2) is 4.52 Å². The highest BCUT2D eigenvalue weighted by molar-refractivity contribution is 4.95. The normalized spacial score (nSPS) is 23.5. The second-order valence-electron chi connectivity index (χ2n) is 4.27. The maximum Gasteiger partial charge on any atom is 0.264 e. The summed E-state index contributed by atoms with van der Waals surface area (Å²) in [4.78, 5) is 6.02. The number of aliphatic hydroxyl groups is 1. The van der Waals surface area contributed by atoms with Crippen molar-refractivity contribution >= 4 is 0 Å². The minimum Gasteiger partial charge on any atom is -0.387 e. The van der Waals surface area contributed by atoms with E-state index in [9.17, 15) is 8.78 Å². The van der Waals surface area contributed by atoms with Gasteiger partial charge in [-0.25, -0.2) is 8.78 Å². The molecule has 8 heteroatoms. The third-order valence-corrected chi connectivity index (χ3v) is 2.72. The Labute approximate surface area is 103 Å². The number of likely N-dealkylation sites (N-methyl/N-ethyl adjacent to an activating group) is 1. The molecule has 1 aromatic rings. The molecule has 1 aliphatic heterocycles. The van der Waals surface area contributed by atoms with Gasteiger partial charge in [-0.3, -0.25) is 0 Å². The van der Waals surface area contributed by atoms with E-state index in [1.54, 1.807) is 0 Å². The first-order valence-electron chi connectivity index (χ1n) is 5.65. The fraction of sp³-hybridized carbons (Fsp3) is 0.800. The van der Waals surface area contributed by atoms with Gasteiger partial charge in [-0.2, -0.15) is 4.98 Å². The molecule has 18 heavy (non-hydrogen) atoms. The number of aliphatic hydroxyl groups excluding tert-OH is 1. The molecule has 1 aromatic heterocycles. The molecule has 2 rings (SSSR count). The molecule has 2 unspecified atom stereocenters. The lowest BCUT2D eigenvalue weighted by molar-refractivity contribution is -0.0264. The molecule has 1 saturated heterocycles. The molecule has 0 bridgehead atoms. The fourth-order valence-electron chi connectivity index (χ4n) is 1.68. The standard InChI is InChI=1S/C10H15F2N3O3/c1-15-2-3-17-7(5-15)10-13-8(18-14-10)4-6(16)9(11)12/h6-7,9,16H,2-5H2,1H3. The van der Waals surface area contributed by atoms with Crippen molar-refractivity contribution in [1.29, 1.82) is 0 Å². The summed E-state index contributed by atoms with van der Waals surface area (Å²) in [6, 6.07) is 0. The first kappa shape index (κ1) is 13.3. The number of nitrogens with zero attached hydrogens (tertiary/aromatic N) is 3. The lowest BCUT2D eigenvalue weighted by atomic mass is 10.2. The quantitative estimate of drug-likeness (QED) is 0.839. The lowest BCUT2D eigenvalue weighted by Crippen LogP contribution is -2.35. The molecule has 1 N–H and O–H groups in total. The van der Waals surface area contributed by atoms with Crippen molar-refractivity contribution in [3.8, 4) is 0 Å². The van der Waals surface area contributed by atoms with Crippen LogP contribution in [0.4, 0.5) is 8.78 Å². The Morgan fingerprint density at radius 3 is 3.00 bits per heavy atom. The van der Waals surface area contributed by atoms with Gasteiger partial charge in [0.15, 0.2) is 0 Å². The average Bonchev–Trinajstić information content (AvgIpc) is 2.77. The van der Waals surface area contributed by atoms with Gasteiger partial charge in [-0.15, -0.1) is 0 Å². The summed E-state index contributed by atoms with van der Waals surface area (Å²) < 4.78 is 34.6.